The van der Waals surface area contributed by atoms with Crippen LogP contribution in [-0.2, 0) is 0 Å². The number of amides is 1. The first-order valence-electron chi connectivity index (χ1n) is 7.34. The van der Waals surface area contributed by atoms with Crippen molar-refractivity contribution in [2.75, 3.05) is 11.1 Å². The van der Waals surface area contributed by atoms with Crippen LogP contribution >= 0.6 is 0 Å². The maximum absolute atomic E-state index is 12.5. The number of para-hydroxylation sites is 2. The molecule has 0 aliphatic rings. The predicted molar refractivity (Wildman–Crippen MR) is 90.8 cm³/mol. The summed E-state index contributed by atoms with van der Waals surface area (Å²) in [7, 11) is 0. The molecule has 0 radical (unpaired) electrons. The van der Waals surface area contributed by atoms with E-state index in [1.165, 1.54) is 12.1 Å². The van der Waals surface area contributed by atoms with Crippen LogP contribution in [0.1, 0.15) is 21.6 Å². The second-order valence-corrected chi connectivity index (χ2v) is 5.58. The Balaban J connectivity index is 2.10. The first-order chi connectivity index (χ1) is 11.4. The summed E-state index contributed by atoms with van der Waals surface area (Å²) in [5.74, 6) is -1.05. The molecule has 7 heteroatoms. The van der Waals surface area contributed by atoms with E-state index >= 15 is 0 Å². The quantitative estimate of drug-likeness (QED) is 0.496. The van der Waals surface area contributed by atoms with Crippen molar-refractivity contribution in [3.05, 3.63) is 64.2 Å². The number of nitrogens with one attached hydrogen (secondary N) is 1. The van der Waals surface area contributed by atoms with E-state index in [0.717, 1.165) is 11.1 Å². The fraction of sp³-hybridized carbons (Fsp3) is 0.118. The molecule has 24 heavy (non-hydrogen) atoms. The Bertz CT molecular complexity index is 1020. The number of nitrogens with two attached hydrogens (primary N) is 1. The number of benzene rings is 2. The topological polar surface area (TPSA) is 103 Å². The second kappa shape index (κ2) is 5.69. The van der Waals surface area contributed by atoms with Crippen molar-refractivity contribution in [2.45, 2.75) is 13.8 Å². The van der Waals surface area contributed by atoms with Crippen molar-refractivity contribution in [3.63, 3.8) is 0 Å². The van der Waals surface area contributed by atoms with Crippen molar-refractivity contribution in [1.82, 2.24) is 4.73 Å². The smallest absolute Gasteiger partial charge is 0.351 e. The van der Waals surface area contributed by atoms with Gasteiger partial charge in [0.05, 0.1) is 0 Å². The molecule has 3 rings (SSSR count). The molecule has 0 bridgehead atoms. The van der Waals surface area contributed by atoms with Gasteiger partial charge < -0.3 is 10.5 Å². The number of anilines is 2. The van der Waals surface area contributed by atoms with E-state index in [0.29, 0.717) is 14.8 Å². The van der Waals surface area contributed by atoms with Gasteiger partial charge in [0.1, 0.15) is 5.52 Å². The molecule has 0 aliphatic heterocycles. The number of nitrogen functional groups attached to an aromatic ring is 1. The van der Waals surface area contributed by atoms with Crippen LogP contribution in [0.5, 0.6) is 0 Å². The van der Waals surface area contributed by atoms with E-state index < -0.39 is 5.91 Å². The summed E-state index contributed by atoms with van der Waals surface area (Å²) in [6.45, 7) is 3.89. The number of fused-ring (bicyclic) bond motifs is 1. The summed E-state index contributed by atoms with van der Waals surface area (Å²) in [6, 6.07) is 11.7. The van der Waals surface area contributed by atoms with Gasteiger partial charge in [-0.15, -0.1) is 0 Å². The Morgan fingerprint density at radius 3 is 2.58 bits per heavy atom. The van der Waals surface area contributed by atoms with Gasteiger partial charge in [0.2, 0.25) is 11.2 Å². The Hall–Kier alpha value is -3.35. The van der Waals surface area contributed by atoms with Gasteiger partial charge >= 0.3 is 5.82 Å². The molecular weight excluding hydrogens is 308 g/mol. The second-order valence-electron chi connectivity index (χ2n) is 5.58. The van der Waals surface area contributed by atoms with Gasteiger partial charge in [-0.2, -0.15) is 4.73 Å². The van der Waals surface area contributed by atoms with E-state index in [1.807, 2.05) is 19.9 Å². The van der Waals surface area contributed by atoms with Gasteiger partial charge in [0.15, 0.2) is 0 Å². The molecule has 0 aliphatic carbocycles. The zero-order valence-corrected chi connectivity index (χ0v) is 13.3. The molecule has 4 N–H and O–H groups in total. The lowest BCUT2D eigenvalue weighted by Crippen LogP contribution is -2.31. The third-order valence-electron chi connectivity index (χ3n) is 3.98. The highest BCUT2D eigenvalue weighted by molar-refractivity contribution is 6.06. The maximum atomic E-state index is 12.5. The third kappa shape index (κ3) is 2.45. The van der Waals surface area contributed by atoms with Crippen molar-refractivity contribution < 1.29 is 14.4 Å². The lowest BCUT2D eigenvalue weighted by molar-refractivity contribution is -0.448. The Labute approximate surface area is 137 Å². The Kier molecular flexibility index (Phi) is 3.69. The molecule has 2 aromatic carbocycles. The van der Waals surface area contributed by atoms with E-state index in [9.17, 15) is 14.9 Å². The molecule has 0 spiro atoms. The maximum Gasteiger partial charge on any atom is 0.351 e. The van der Waals surface area contributed by atoms with Crippen LogP contribution in [0.15, 0.2) is 42.5 Å². The van der Waals surface area contributed by atoms with Crippen molar-refractivity contribution in [2.24, 2.45) is 0 Å². The molecule has 0 atom stereocenters. The van der Waals surface area contributed by atoms with Crippen LogP contribution in [0, 0.1) is 18.8 Å². The summed E-state index contributed by atoms with van der Waals surface area (Å²) < 4.78 is 1.06. The normalized spacial score (nSPS) is 10.8. The molecule has 0 saturated carbocycles. The Morgan fingerprint density at radius 2 is 1.88 bits per heavy atom. The predicted octanol–water partition coefficient (Wildman–Crippen LogP) is 2.24. The average Bonchev–Trinajstić information content (AvgIpc) is 2.56. The molecule has 0 saturated heterocycles. The molecular formula is C17H17N4O3+. The number of carbonyl (C=O) groups excluding carboxylic acids is 1. The number of hydrogen-bond donors (Lipinski definition) is 3. The summed E-state index contributed by atoms with van der Waals surface area (Å²) in [6.07, 6.45) is 0. The first-order valence-corrected chi connectivity index (χ1v) is 7.34. The van der Waals surface area contributed by atoms with Crippen LogP contribution in [0.3, 0.4) is 0 Å². The van der Waals surface area contributed by atoms with Crippen LogP contribution in [0.4, 0.5) is 11.5 Å². The van der Waals surface area contributed by atoms with Gasteiger partial charge in [-0.1, -0.05) is 23.1 Å². The van der Waals surface area contributed by atoms with Gasteiger partial charge in [-0.05, 0) is 49.2 Å². The Morgan fingerprint density at radius 1 is 1.17 bits per heavy atom. The van der Waals surface area contributed by atoms with E-state index in [1.54, 1.807) is 24.3 Å². The molecule has 1 amide bonds. The van der Waals surface area contributed by atoms with Crippen LogP contribution in [-0.4, -0.2) is 15.8 Å². The molecule has 7 nitrogen and oxygen atoms in total. The number of carbonyl (C=O) groups is 1. The monoisotopic (exact) mass is 325 g/mol. The minimum absolute atomic E-state index is 0.167. The van der Waals surface area contributed by atoms with Gasteiger partial charge in [0.25, 0.3) is 5.91 Å². The SMILES string of the molecule is Cc1ccc(NC(=O)c2c(N)[n+](=O)c3ccccc3n2O)cc1C. The number of rotatable bonds is 2. The van der Waals surface area contributed by atoms with Crippen LogP contribution in [0.2, 0.25) is 0 Å². The lowest BCUT2D eigenvalue weighted by Gasteiger charge is -2.10. The molecule has 1 aromatic heterocycles. The van der Waals surface area contributed by atoms with Crippen molar-refractivity contribution in [1.29, 1.82) is 0 Å². The lowest BCUT2D eigenvalue weighted by atomic mass is 10.1. The largest absolute Gasteiger partial charge is 0.427 e. The van der Waals surface area contributed by atoms with Crippen LogP contribution < -0.4 is 15.5 Å². The number of aromatic nitrogens is 2. The van der Waals surface area contributed by atoms with Gasteiger partial charge in [0, 0.05) is 10.1 Å². The highest BCUT2D eigenvalue weighted by atomic mass is 16.5. The zero-order chi connectivity index (χ0) is 17.4. The third-order valence-corrected chi connectivity index (χ3v) is 3.98. The first kappa shape index (κ1) is 15.5. The fourth-order valence-corrected chi connectivity index (χ4v) is 2.49. The molecule has 0 fully saturated rings. The van der Waals surface area contributed by atoms with E-state index in [2.05, 4.69) is 5.32 Å². The summed E-state index contributed by atoms with van der Waals surface area (Å²) >= 11 is 0. The summed E-state index contributed by atoms with van der Waals surface area (Å²) in [5, 5.41) is 13.0. The summed E-state index contributed by atoms with van der Waals surface area (Å²) in [4.78, 5) is 24.8. The number of hydrogen-bond acceptors (Lipinski definition) is 4. The van der Waals surface area contributed by atoms with E-state index in [-0.39, 0.29) is 22.5 Å². The zero-order valence-electron chi connectivity index (χ0n) is 13.3. The van der Waals surface area contributed by atoms with Crippen molar-refractivity contribution >= 4 is 28.4 Å². The number of nitrogens with zero attached hydrogens (tertiary/aromatic N) is 2. The van der Waals surface area contributed by atoms with Gasteiger partial charge in [-0.25, -0.2) is 0 Å². The molecule has 0 unspecified atom stereocenters. The van der Waals surface area contributed by atoms with Gasteiger partial charge in [-0.3, -0.25) is 10.5 Å². The van der Waals surface area contributed by atoms with Crippen molar-refractivity contribution in [3.8, 4) is 0 Å². The highest BCUT2D eigenvalue weighted by Gasteiger charge is 2.26. The summed E-state index contributed by atoms with van der Waals surface area (Å²) in [5.41, 5.74) is 8.45. The molecule has 122 valence electrons. The van der Waals surface area contributed by atoms with E-state index in [4.69, 9.17) is 5.73 Å². The average molecular weight is 325 g/mol. The van der Waals surface area contributed by atoms with Crippen LogP contribution in [0.25, 0.3) is 11.0 Å². The highest BCUT2D eigenvalue weighted by Crippen LogP contribution is 2.18. The standard InChI is InChI=1S/C17H16N4O3/c1-10-7-8-12(9-11(10)2)19-17(22)15-16(18)21(24)14-6-4-3-5-13(14)20(15)23/h3-9,23H,1-2H3,(H2-,18,19,22)/p+1. The fourth-order valence-electron chi connectivity index (χ4n) is 2.49. The number of aryl methyl sites for hydroxylation is 2. The minimum Gasteiger partial charge on any atom is -0.427 e. The molecule has 1 heterocycles. The molecule has 3 aromatic rings. The minimum atomic E-state index is -0.673.